The summed E-state index contributed by atoms with van der Waals surface area (Å²) in [5, 5.41) is -7.85. The van der Waals surface area contributed by atoms with Crippen molar-refractivity contribution in [3.8, 4) is 0 Å². The van der Waals surface area contributed by atoms with Crippen LogP contribution in [0.1, 0.15) is 0 Å². The zero-order valence-electron chi connectivity index (χ0n) is 13.0. The third-order valence-corrected chi connectivity index (χ3v) is 4.10. The molecule has 0 fully saturated rings. The lowest BCUT2D eigenvalue weighted by molar-refractivity contribution is -0.413. The van der Waals surface area contributed by atoms with Crippen LogP contribution in [-0.4, -0.2) is 65.7 Å². The highest BCUT2D eigenvalue weighted by Gasteiger charge is 2.94. The molecule has 0 saturated heterocycles. The van der Waals surface area contributed by atoms with Crippen LogP contribution in [-0.2, 0) is 14.9 Å². The molecule has 1 N–H and O–H groups in total. The summed E-state index contributed by atoms with van der Waals surface area (Å²) in [7, 11) is -7.91. The maximum Gasteiger partial charge on any atom is 0.461 e. The molecular formula is C9HF17O4S. The SMILES string of the molecule is O=C(C(F)(F)C(F)(F)F)C(F)(F)C(F)(F)C(F)(F)C(F)(F)C(F)(F)C(F)(F)S(=O)(=O)O. The smallest absolute Gasteiger partial charge is 0.285 e. The predicted molar refractivity (Wildman–Crippen MR) is 57.2 cm³/mol. The lowest BCUT2D eigenvalue weighted by Crippen LogP contribution is -2.73. The number of hydrogen-bond acceptors (Lipinski definition) is 3. The Morgan fingerprint density at radius 1 is 0.516 bits per heavy atom. The van der Waals surface area contributed by atoms with E-state index < -0.39 is 62.9 Å². The van der Waals surface area contributed by atoms with Crippen LogP contribution in [0.3, 0.4) is 0 Å². The monoisotopic (exact) mass is 528 g/mol. The second kappa shape index (κ2) is 6.94. The molecule has 31 heavy (non-hydrogen) atoms. The van der Waals surface area contributed by atoms with Crippen molar-refractivity contribution < 1.29 is 92.4 Å². The fraction of sp³-hybridized carbons (Fsp3) is 0.889. The van der Waals surface area contributed by atoms with E-state index in [9.17, 15) is 87.8 Å². The zero-order valence-corrected chi connectivity index (χ0v) is 13.8. The van der Waals surface area contributed by atoms with Crippen LogP contribution in [0.2, 0.25) is 0 Å². The second-order valence-corrected chi connectivity index (χ2v) is 6.73. The van der Waals surface area contributed by atoms with Crippen molar-refractivity contribution in [3.63, 3.8) is 0 Å². The van der Waals surface area contributed by atoms with E-state index in [0.717, 1.165) is 0 Å². The average Bonchev–Trinajstić information content (AvgIpc) is 2.50. The number of alkyl halides is 17. The largest absolute Gasteiger partial charge is 0.461 e. The van der Waals surface area contributed by atoms with Crippen LogP contribution in [0.15, 0.2) is 0 Å². The van der Waals surface area contributed by atoms with Crippen LogP contribution in [0.25, 0.3) is 0 Å². The molecule has 0 rings (SSSR count). The van der Waals surface area contributed by atoms with E-state index in [0.29, 0.717) is 0 Å². The lowest BCUT2D eigenvalue weighted by atomic mass is 9.90. The Morgan fingerprint density at radius 2 is 0.806 bits per heavy atom. The number of Topliss-reactive ketones (excluding diaryl/α,β-unsaturated/α-hetero) is 1. The van der Waals surface area contributed by atoms with E-state index in [-0.39, 0.29) is 0 Å². The molecule has 0 aromatic carbocycles. The Kier molecular flexibility index (Phi) is 6.58. The molecule has 0 bridgehead atoms. The van der Waals surface area contributed by atoms with E-state index in [1.54, 1.807) is 0 Å². The van der Waals surface area contributed by atoms with Crippen LogP contribution in [0.5, 0.6) is 0 Å². The molecule has 0 aromatic heterocycles. The summed E-state index contributed by atoms with van der Waals surface area (Å²) >= 11 is 0. The Balaban J connectivity index is 6.88. The molecule has 0 amide bonds. The fourth-order valence-electron chi connectivity index (χ4n) is 1.40. The molecule has 0 aliphatic rings. The topological polar surface area (TPSA) is 71.4 Å². The summed E-state index contributed by atoms with van der Waals surface area (Å²) in [5.41, 5.74) is 0. The maximum absolute atomic E-state index is 13.2. The number of carbonyl (C=O) groups excluding carboxylic acids is 1. The molecule has 0 saturated carbocycles. The van der Waals surface area contributed by atoms with Gasteiger partial charge >= 0.3 is 57.1 Å². The first-order valence-electron chi connectivity index (χ1n) is 6.14. The highest BCUT2D eigenvalue weighted by atomic mass is 32.2. The van der Waals surface area contributed by atoms with Gasteiger partial charge in [-0.1, -0.05) is 0 Å². The molecule has 0 aromatic rings. The van der Waals surface area contributed by atoms with Crippen molar-refractivity contribution >= 4 is 15.9 Å². The van der Waals surface area contributed by atoms with Crippen LogP contribution in [0, 0.1) is 0 Å². The summed E-state index contributed by atoms with van der Waals surface area (Å²) in [4.78, 5) is 10.4. The molecule has 0 aliphatic carbocycles. The van der Waals surface area contributed by atoms with Gasteiger partial charge in [-0.25, -0.2) is 0 Å². The third kappa shape index (κ3) is 3.67. The Bertz CT molecular complexity index is 823. The standard InChI is InChI=1S/C9HF17O4S/c10-2(11,1(27)3(12,13)8(22,23)24)4(14,15)5(16,17)6(18,19)7(20,21)9(25,26)31(28,29)30/h(H,28,29,30). The van der Waals surface area contributed by atoms with Gasteiger partial charge < -0.3 is 0 Å². The Morgan fingerprint density at radius 3 is 1.06 bits per heavy atom. The molecule has 186 valence electrons. The van der Waals surface area contributed by atoms with Crippen molar-refractivity contribution in [1.82, 2.24) is 0 Å². The Hall–Kier alpha value is -1.61. The minimum Gasteiger partial charge on any atom is -0.285 e. The first-order chi connectivity index (χ1) is 12.9. The molecule has 0 aliphatic heterocycles. The average molecular weight is 528 g/mol. The van der Waals surface area contributed by atoms with Crippen molar-refractivity contribution in [1.29, 1.82) is 0 Å². The second-order valence-electron chi connectivity index (χ2n) is 5.27. The van der Waals surface area contributed by atoms with Gasteiger partial charge in [0.15, 0.2) is 0 Å². The number of rotatable bonds is 8. The van der Waals surface area contributed by atoms with Gasteiger partial charge in [0.2, 0.25) is 0 Å². The van der Waals surface area contributed by atoms with Gasteiger partial charge in [0.25, 0.3) is 5.78 Å². The number of hydrogen-bond donors (Lipinski definition) is 1. The van der Waals surface area contributed by atoms with Crippen molar-refractivity contribution in [3.05, 3.63) is 0 Å². The number of carbonyl (C=O) groups is 1. The van der Waals surface area contributed by atoms with Gasteiger partial charge in [-0.15, -0.1) is 0 Å². The highest BCUT2D eigenvalue weighted by molar-refractivity contribution is 7.87. The third-order valence-electron chi connectivity index (χ3n) is 3.19. The van der Waals surface area contributed by atoms with E-state index in [4.69, 9.17) is 4.55 Å². The lowest BCUT2D eigenvalue weighted by Gasteiger charge is -2.40. The summed E-state index contributed by atoms with van der Waals surface area (Å²) in [5.74, 6) is -56.3. The number of halogens is 17. The normalized spacial score (nSPS) is 16.5. The van der Waals surface area contributed by atoms with Crippen molar-refractivity contribution in [2.45, 2.75) is 47.0 Å². The Labute approximate surface area is 156 Å². The number of ketones is 1. The molecule has 0 heterocycles. The fourth-order valence-corrected chi connectivity index (χ4v) is 1.86. The van der Waals surface area contributed by atoms with Crippen molar-refractivity contribution in [2.75, 3.05) is 0 Å². The van der Waals surface area contributed by atoms with Gasteiger partial charge in [-0.05, 0) is 0 Å². The first kappa shape index (κ1) is 29.4. The summed E-state index contributed by atoms with van der Waals surface area (Å²) in [6.45, 7) is 0. The minimum atomic E-state index is -8.83. The van der Waals surface area contributed by atoms with E-state index in [1.807, 2.05) is 0 Å². The van der Waals surface area contributed by atoms with Gasteiger partial charge in [-0.3, -0.25) is 9.35 Å². The molecule has 4 nitrogen and oxygen atoms in total. The summed E-state index contributed by atoms with van der Waals surface area (Å²) < 4.78 is 245. The molecule has 0 unspecified atom stereocenters. The highest BCUT2D eigenvalue weighted by Crippen LogP contribution is 2.61. The zero-order chi connectivity index (χ0) is 26.1. The van der Waals surface area contributed by atoms with E-state index >= 15 is 0 Å². The maximum atomic E-state index is 13.2. The molecule has 22 heteroatoms. The van der Waals surface area contributed by atoms with Crippen molar-refractivity contribution in [2.24, 2.45) is 0 Å². The molecule has 0 spiro atoms. The van der Waals surface area contributed by atoms with E-state index in [1.165, 1.54) is 0 Å². The van der Waals surface area contributed by atoms with Gasteiger partial charge in [0.05, 0.1) is 0 Å². The molecule has 0 atom stereocenters. The van der Waals surface area contributed by atoms with Gasteiger partial charge in [0.1, 0.15) is 0 Å². The molecule has 0 radical (unpaired) electrons. The minimum absolute atomic E-state index is 5.59. The molecular weight excluding hydrogens is 527 g/mol. The summed E-state index contributed by atoms with van der Waals surface area (Å²) in [6.07, 6.45) is -7.55. The van der Waals surface area contributed by atoms with Crippen LogP contribution in [0.4, 0.5) is 74.6 Å². The quantitative estimate of drug-likeness (QED) is 0.375. The van der Waals surface area contributed by atoms with Crippen LogP contribution >= 0.6 is 0 Å². The van der Waals surface area contributed by atoms with Crippen LogP contribution < -0.4 is 0 Å². The van der Waals surface area contributed by atoms with E-state index in [2.05, 4.69) is 0 Å². The first-order valence-corrected chi connectivity index (χ1v) is 7.58. The van der Waals surface area contributed by atoms with Gasteiger partial charge in [-0.2, -0.15) is 83.1 Å². The van der Waals surface area contributed by atoms with Gasteiger partial charge in [0, 0.05) is 0 Å². The predicted octanol–water partition coefficient (Wildman–Crippen LogP) is 4.41. The summed E-state index contributed by atoms with van der Waals surface area (Å²) in [6, 6.07) is 0.